The van der Waals surface area contributed by atoms with Crippen molar-refractivity contribution < 1.29 is 19.4 Å². The molecular formula is C13H16N4O4. The molecule has 2 saturated heterocycles. The van der Waals surface area contributed by atoms with Gasteiger partial charge in [0.05, 0.1) is 12.5 Å². The maximum Gasteiger partial charge on any atom is 0.415 e. The predicted octanol–water partition coefficient (Wildman–Crippen LogP) is 0.734. The van der Waals surface area contributed by atoms with Gasteiger partial charge in [0.15, 0.2) is 0 Å². The molecule has 8 heteroatoms. The second-order valence-electron chi connectivity index (χ2n) is 5.08. The van der Waals surface area contributed by atoms with Crippen LogP contribution in [-0.4, -0.2) is 53.4 Å². The lowest BCUT2D eigenvalue weighted by atomic mass is 9.97. The number of hydrogen-bond donors (Lipinski definition) is 1. The molecule has 0 radical (unpaired) electrons. The maximum atomic E-state index is 11.5. The molecule has 0 atom stereocenters. The number of anilines is 2. The van der Waals surface area contributed by atoms with Crippen LogP contribution in [0.3, 0.4) is 0 Å². The number of carboxylic acid groups (broad SMARTS) is 1. The molecule has 0 aliphatic carbocycles. The Balaban J connectivity index is 1.72. The molecule has 21 heavy (non-hydrogen) atoms. The number of nitrogens with zero attached hydrogens (tertiary/aromatic N) is 4. The number of hydrogen-bond acceptors (Lipinski definition) is 6. The molecule has 112 valence electrons. The molecule has 0 saturated carbocycles. The molecule has 8 nitrogen and oxygen atoms in total. The second kappa shape index (κ2) is 5.55. The molecule has 1 amide bonds. The fourth-order valence-electron chi connectivity index (χ4n) is 2.57. The van der Waals surface area contributed by atoms with Crippen LogP contribution in [-0.2, 0) is 9.53 Å². The maximum absolute atomic E-state index is 11.5. The Hall–Kier alpha value is -2.38. The van der Waals surface area contributed by atoms with E-state index >= 15 is 0 Å². The summed E-state index contributed by atoms with van der Waals surface area (Å²) in [7, 11) is 0. The monoisotopic (exact) mass is 292 g/mol. The number of aromatic nitrogens is 2. The molecule has 0 unspecified atom stereocenters. The Morgan fingerprint density at radius 1 is 1.33 bits per heavy atom. The Morgan fingerprint density at radius 3 is 2.71 bits per heavy atom. The van der Waals surface area contributed by atoms with Gasteiger partial charge in [-0.15, -0.1) is 0 Å². The topological polar surface area (TPSA) is 95.9 Å². The van der Waals surface area contributed by atoms with Crippen molar-refractivity contribution in [2.75, 3.05) is 36.0 Å². The summed E-state index contributed by atoms with van der Waals surface area (Å²) in [6, 6.07) is 1.67. The first-order valence-corrected chi connectivity index (χ1v) is 6.90. The van der Waals surface area contributed by atoms with Crippen LogP contribution in [0.5, 0.6) is 0 Å². The van der Waals surface area contributed by atoms with Gasteiger partial charge in [-0.2, -0.15) is 4.98 Å². The summed E-state index contributed by atoms with van der Waals surface area (Å²) in [6.07, 6.45) is 2.36. The van der Waals surface area contributed by atoms with Crippen molar-refractivity contribution in [2.24, 2.45) is 5.92 Å². The highest BCUT2D eigenvalue weighted by atomic mass is 16.6. The summed E-state index contributed by atoms with van der Waals surface area (Å²) >= 11 is 0. The van der Waals surface area contributed by atoms with Gasteiger partial charge in [0, 0.05) is 19.3 Å². The van der Waals surface area contributed by atoms with Crippen molar-refractivity contribution in [1.82, 2.24) is 9.97 Å². The van der Waals surface area contributed by atoms with Gasteiger partial charge in [-0.25, -0.2) is 9.78 Å². The summed E-state index contributed by atoms with van der Waals surface area (Å²) in [5, 5.41) is 9.00. The zero-order valence-electron chi connectivity index (χ0n) is 11.4. The first-order valence-electron chi connectivity index (χ1n) is 6.90. The Bertz CT molecular complexity index is 557. The summed E-state index contributed by atoms with van der Waals surface area (Å²) in [5.74, 6) is 0.000945. The predicted molar refractivity (Wildman–Crippen MR) is 73.3 cm³/mol. The second-order valence-corrected chi connectivity index (χ2v) is 5.08. The third-order valence-electron chi connectivity index (χ3n) is 3.79. The van der Waals surface area contributed by atoms with Crippen molar-refractivity contribution in [2.45, 2.75) is 12.8 Å². The highest BCUT2D eigenvalue weighted by Gasteiger charge is 2.28. The number of carbonyl (C=O) groups excluding carboxylic acids is 1. The summed E-state index contributed by atoms with van der Waals surface area (Å²) in [5.41, 5.74) is 0. The number of carbonyl (C=O) groups is 2. The number of cyclic esters (lactones) is 1. The zero-order valence-corrected chi connectivity index (χ0v) is 11.4. The van der Waals surface area contributed by atoms with Crippen LogP contribution in [0.15, 0.2) is 12.3 Å². The zero-order chi connectivity index (χ0) is 14.8. The van der Waals surface area contributed by atoms with Crippen molar-refractivity contribution in [1.29, 1.82) is 0 Å². The minimum atomic E-state index is -0.746. The van der Waals surface area contributed by atoms with Crippen molar-refractivity contribution >= 4 is 23.8 Å². The van der Waals surface area contributed by atoms with Crippen LogP contribution < -0.4 is 9.80 Å². The number of piperidine rings is 1. The van der Waals surface area contributed by atoms with Crippen molar-refractivity contribution in [3.63, 3.8) is 0 Å². The number of rotatable bonds is 3. The van der Waals surface area contributed by atoms with E-state index in [9.17, 15) is 9.59 Å². The Labute approximate surface area is 121 Å². The van der Waals surface area contributed by atoms with E-state index in [0.29, 0.717) is 50.8 Å². The minimum Gasteiger partial charge on any atom is -0.481 e. The molecule has 2 fully saturated rings. The third kappa shape index (κ3) is 2.74. The average molecular weight is 292 g/mol. The summed E-state index contributed by atoms with van der Waals surface area (Å²) in [6.45, 7) is 2.05. The highest BCUT2D eigenvalue weighted by molar-refractivity contribution is 5.88. The number of ether oxygens (including phenoxy) is 1. The van der Waals surface area contributed by atoms with Crippen LogP contribution in [0.25, 0.3) is 0 Å². The van der Waals surface area contributed by atoms with Gasteiger partial charge in [-0.1, -0.05) is 0 Å². The molecule has 1 N–H and O–H groups in total. The fourth-order valence-corrected chi connectivity index (χ4v) is 2.57. The van der Waals surface area contributed by atoms with Gasteiger partial charge in [0.1, 0.15) is 12.4 Å². The lowest BCUT2D eigenvalue weighted by Crippen LogP contribution is -2.37. The van der Waals surface area contributed by atoms with Crippen LogP contribution >= 0.6 is 0 Å². The lowest BCUT2D eigenvalue weighted by molar-refractivity contribution is -0.142. The van der Waals surface area contributed by atoms with Crippen LogP contribution in [0.2, 0.25) is 0 Å². The smallest absolute Gasteiger partial charge is 0.415 e. The first-order chi connectivity index (χ1) is 10.1. The van der Waals surface area contributed by atoms with Crippen LogP contribution in [0.4, 0.5) is 16.6 Å². The molecule has 0 spiro atoms. The van der Waals surface area contributed by atoms with Crippen molar-refractivity contribution in [3.05, 3.63) is 12.3 Å². The summed E-state index contributed by atoms with van der Waals surface area (Å²) in [4.78, 5) is 34.5. The van der Waals surface area contributed by atoms with Gasteiger partial charge < -0.3 is 14.7 Å². The molecule has 1 aromatic heterocycles. The van der Waals surface area contributed by atoms with Gasteiger partial charge in [-0.05, 0) is 18.9 Å². The highest BCUT2D eigenvalue weighted by Crippen LogP contribution is 2.23. The van der Waals surface area contributed by atoms with E-state index in [4.69, 9.17) is 9.84 Å². The average Bonchev–Trinajstić information content (AvgIpc) is 2.94. The lowest BCUT2D eigenvalue weighted by Gasteiger charge is -2.30. The summed E-state index contributed by atoms with van der Waals surface area (Å²) < 4.78 is 4.89. The normalized spacial score (nSPS) is 19.7. The van der Waals surface area contributed by atoms with E-state index in [1.807, 2.05) is 4.90 Å². The molecule has 0 bridgehead atoms. The molecule has 2 aliphatic heterocycles. The van der Waals surface area contributed by atoms with E-state index in [0.717, 1.165) is 0 Å². The van der Waals surface area contributed by atoms with Crippen molar-refractivity contribution in [3.8, 4) is 0 Å². The van der Waals surface area contributed by atoms with E-state index in [2.05, 4.69) is 9.97 Å². The van der Waals surface area contributed by atoms with Gasteiger partial charge in [0.2, 0.25) is 5.95 Å². The van der Waals surface area contributed by atoms with E-state index in [1.165, 1.54) is 4.90 Å². The number of amides is 1. The van der Waals surface area contributed by atoms with E-state index in [1.54, 1.807) is 12.3 Å². The third-order valence-corrected chi connectivity index (χ3v) is 3.79. The molecule has 3 heterocycles. The largest absolute Gasteiger partial charge is 0.481 e. The van der Waals surface area contributed by atoms with Gasteiger partial charge >= 0.3 is 12.1 Å². The fraction of sp³-hybridized carbons (Fsp3) is 0.538. The molecule has 1 aromatic rings. The van der Waals surface area contributed by atoms with E-state index in [-0.39, 0.29) is 5.92 Å². The number of aliphatic carboxylic acids is 1. The van der Waals surface area contributed by atoms with E-state index < -0.39 is 12.1 Å². The molecule has 3 rings (SSSR count). The molecule has 0 aromatic carbocycles. The SMILES string of the molecule is O=C(O)C1CCN(c2nccc(N3CCOC3=O)n2)CC1. The van der Waals surface area contributed by atoms with Crippen LogP contribution in [0.1, 0.15) is 12.8 Å². The number of carboxylic acids is 1. The molecule has 2 aliphatic rings. The van der Waals surface area contributed by atoms with Gasteiger partial charge in [0.25, 0.3) is 0 Å². The quantitative estimate of drug-likeness (QED) is 0.877. The molecular weight excluding hydrogens is 276 g/mol. The van der Waals surface area contributed by atoms with Gasteiger partial charge in [-0.3, -0.25) is 9.69 Å². The standard InChI is InChI=1S/C13H16N4O4/c18-11(19)9-2-5-16(6-3-9)12-14-4-1-10(15-12)17-7-8-21-13(17)20/h1,4,9H,2-3,5-8H2,(H,18,19). The Morgan fingerprint density at radius 2 is 2.10 bits per heavy atom. The minimum absolute atomic E-state index is 0.294. The first kappa shape index (κ1) is 13.6. The van der Waals surface area contributed by atoms with Crippen LogP contribution in [0, 0.1) is 5.92 Å². The Kier molecular flexibility index (Phi) is 3.59.